The molecule has 0 N–H and O–H groups in total. The van der Waals surface area contributed by atoms with Crippen molar-refractivity contribution >= 4 is 17.4 Å². The highest BCUT2D eigenvalue weighted by atomic mass is 16.5. The van der Waals surface area contributed by atoms with Crippen molar-refractivity contribution in [3.05, 3.63) is 54.2 Å². The average molecular weight is 293 g/mol. The van der Waals surface area contributed by atoms with E-state index in [9.17, 15) is 0 Å². The lowest BCUT2D eigenvalue weighted by Crippen LogP contribution is -1.98. The van der Waals surface area contributed by atoms with Crippen LogP contribution in [0.15, 0.2) is 47.8 Å². The van der Waals surface area contributed by atoms with Gasteiger partial charge in [-0.25, -0.2) is 19.9 Å². The fraction of sp³-hybridized carbons (Fsp3) is 0.188. The lowest BCUT2D eigenvalue weighted by atomic mass is 10.1. The minimum Gasteiger partial charge on any atom is -0.496 e. The Balaban J connectivity index is 1.66. The first-order valence-electron chi connectivity index (χ1n) is 6.92. The van der Waals surface area contributed by atoms with E-state index in [4.69, 9.17) is 4.74 Å². The van der Waals surface area contributed by atoms with Crippen molar-refractivity contribution in [2.75, 3.05) is 13.7 Å². The van der Waals surface area contributed by atoms with E-state index in [0.29, 0.717) is 23.5 Å². The summed E-state index contributed by atoms with van der Waals surface area (Å²) in [5, 5.41) is 0. The van der Waals surface area contributed by atoms with Crippen LogP contribution in [0.1, 0.15) is 11.4 Å². The first-order chi connectivity index (χ1) is 10.9. The molecule has 0 saturated carbocycles. The Morgan fingerprint density at radius 3 is 2.91 bits per heavy atom. The van der Waals surface area contributed by atoms with Crippen LogP contribution in [0.4, 0.5) is 0 Å². The maximum Gasteiger partial charge on any atom is 0.181 e. The van der Waals surface area contributed by atoms with Gasteiger partial charge in [0.15, 0.2) is 11.5 Å². The van der Waals surface area contributed by atoms with Crippen molar-refractivity contribution in [3.8, 4) is 5.75 Å². The van der Waals surface area contributed by atoms with Crippen LogP contribution in [-0.4, -0.2) is 39.8 Å². The number of aromatic nitrogens is 4. The molecular weight excluding hydrogens is 278 g/mol. The Morgan fingerprint density at radius 1 is 1.14 bits per heavy atom. The molecule has 0 aliphatic rings. The molecular formula is C16H15N5O. The third-order valence-electron chi connectivity index (χ3n) is 3.16. The van der Waals surface area contributed by atoms with Gasteiger partial charge < -0.3 is 4.74 Å². The molecule has 0 bridgehead atoms. The second kappa shape index (κ2) is 6.71. The molecule has 22 heavy (non-hydrogen) atoms. The van der Waals surface area contributed by atoms with Crippen LogP contribution in [-0.2, 0) is 6.42 Å². The number of para-hydroxylation sites is 1. The second-order valence-corrected chi connectivity index (χ2v) is 4.59. The van der Waals surface area contributed by atoms with Gasteiger partial charge in [-0.2, -0.15) is 0 Å². The number of fused-ring (bicyclic) bond motifs is 1. The van der Waals surface area contributed by atoms with E-state index in [2.05, 4.69) is 24.9 Å². The van der Waals surface area contributed by atoms with Gasteiger partial charge in [-0.1, -0.05) is 18.2 Å². The average Bonchev–Trinajstić information content (AvgIpc) is 2.59. The molecule has 0 radical (unpaired) electrons. The van der Waals surface area contributed by atoms with Crippen molar-refractivity contribution in [1.82, 2.24) is 19.9 Å². The van der Waals surface area contributed by atoms with Gasteiger partial charge in [0.1, 0.15) is 11.3 Å². The summed E-state index contributed by atoms with van der Waals surface area (Å²) in [5.41, 5.74) is 2.38. The zero-order valence-electron chi connectivity index (χ0n) is 12.2. The van der Waals surface area contributed by atoms with E-state index in [1.165, 1.54) is 0 Å². The minimum atomic E-state index is 0.535. The predicted molar refractivity (Wildman–Crippen MR) is 84.3 cm³/mol. The molecule has 2 heterocycles. The normalized spacial score (nSPS) is 11.1. The molecule has 1 aromatic carbocycles. The molecule has 0 aliphatic carbocycles. The van der Waals surface area contributed by atoms with Crippen LogP contribution in [0, 0.1) is 0 Å². The highest BCUT2D eigenvalue weighted by Crippen LogP contribution is 2.17. The largest absolute Gasteiger partial charge is 0.496 e. The lowest BCUT2D eigenvalue weighted by Gasteiger charge is -2.05. The molecule has 0 aliphatic heterocycles. The molecule has 0 unspecified atom stereocenters. The third-order valence-corrected chi connectivity index (χ3v) is 3.16. The van der Waals surface area contributed by atoms with Gasteiger partial charge >= 0.3 is 0 Å². The summed E-state index contributed by atoms with van der Waals surface area (Å²) >= 11 is 0. The molecule has 0 spiro atoms. The van der Waals surface area contributed by atoms with Gasteiger partial charge in [0.05, 0.1) is 19.5 Å². The summed E-state index contributed by atoms with van der Waals surface area (Å²) in [5.74, 6) is 1.42. The summed E-state index contributed by atoms with van der Waals surface area (Å²) < 4.78 is 5.32. The molecule has 110 valence electrons. The zero-order chi connectivity index (χ0) is 15.2. The fourth-order valence-electron chi connectivity index (χ4n) is 2.09. The van der Waals surface area contributed by atoms with Gasteiger partial charge in [-0.3, -0.25) is 4.99 Å². The van der Waals surface area contributed by atoms with E-state index in [-0.39, 0.29) is 0 Å². The van der Waals surface area contributed by atoms with Crippen LogP contribution in [0.25, 0.3) is 11.2 Å². The molecule has 3 aromatic rings. The maximum atomic E-state index is 5.32. The van der Waals surface area contributed by atoms with Crippen LogP contribution >= 0.6 is 0 Å². The predicted octanol–water partition coefficient (Wildman–Crippen LogP) is 2.09. The molecule has 0 atom stereocenters. The Labute approximate surface area is 128 Å². The van der Waals surface area contributed by atoms with Crippen molar-refractivity contribution in [2.45, 2.75) is 6.42 Å². The Bertz CT molecular complexity index is 803. The fourth-order valence-corrected chi connectivity index (χ4v) is 2.09. The number of methoxy groups -OCH3 is 1. The van der Waals surface area contributed by atoms with Crippen LogP contribution in [0.2, 0.25) is 0 Å². The van der Waals surface area contributed by atoms with Crippen molar-refractivity contribution in [2.24, 2.45) is 4.99 Å². The highest BCUT2D eigenvalue weighted by Gasteiger charge is 2.01. The molecule has 0 fully saturated rings. The van der Waals surface area contributed by atoms with E-state index >= 15 is 0 Å². The molecule has 3 rings (SSSR count). The van der Waals surface area contributed by atoms with Gasteiger partial charge in [0, 0.05) is 18.9 Å². The number of nitrogens with zero attached hydrogens (tertiary/aromatic N) is 5. The topological polar surface area (TPSA) is 73.2 Å². The number of hydrogen-bond acceptors (Lipinski definition) is 6. The SMILES string of the molecule is COc1ccccc1CCN=Cc1ncc2nccnc2n1. The van der Waals surface area contributed by atoms with E-state index in [0.717, 1.165) is 17.7 Å². The number of rotatable bonds is 5. The summed E-state index contributed by atoms with van der Waals surface area (Å²) in [6, 6.07) is 7.93. The maximum absolute atomic E-state index is 5.32. The quantitative estimate of drug-likeness (QED) is 0.673. The Kier molecular flexibility index (Phi) is 4.29. The summed E-state index contributed by atoms with van der Waals surface area (Å²) in [6.07, 6.45) is 7.33. The van der Waals surface area contributed by atoms with Crippen molar-refractivity contribution < 1.29 is 4.74 Å². The van der Waals surface area contributed by atoms with Gasteiger partial charge in [-0.15, -0.1) is 0 Å². The Morgan fingerprint density at radius 2 is 2.00 bits per heavy atom. The third kappa shape index (κ3) is 3.22. The molecule has 0 saturated heterocycles. The molecule has 6 heteroatoms. The first kappa shape index (κ1) is 14.1. The lowest BCUT2D eigenvalue weighted by molar-refractivity contribution is 0.410. The number of hydrogen-bond donors (Lipinski definition) is 0. The molecule has 2 aromatic heterocycles. The highest BCUT2D eigenvalue weighted by molar-refractivity contribution is 5.78. The number of ether oxygens (including phenoxy) is 1. The van der Waals surface area contributed by atoms with Crippen LogP contribution < -0.4 is 4.74 Å². The summed E-state index contributed by atoms with van der Waals surface area (Å²) in [4.78, 5) is 21.1. The molecule has 0 amide bonds. The van der Waals surface area contributed by atoms with Gasteiger partial charge in [0.25, 0.3) is 0 Å². The number of benzene rings is 1. The summed E-state index contributed by atoms with van der Waals surface area (Å²) in [6.45, 7) is 0.641. The summed E-state index contributed by atoms with van der Waals surface area (Å²) in [7, 11) is 1.67. The van der Waals surface area contributed by atoms with Crippen molar-refractivity contribution in [3.63, 3.8) is 0 Å². The number of aliphatic imine (C=N–C) groups is 1. The first-order valence-corrected chi connectivity index (χ1v) is 6.92. The molecule has 6 nitrogen and oxygen atoms in total. The van der Waals surface area contributed by atoms with Gasteiger partial charge in [-0.05, 0) is 18.1 Å². The van der Waals surface area contributed by atoms with E-state index < -0.39 is 0 Å². The monoisotopic (exact) mass is 293 g/mol. The van der Waals surface area contributed by atoms with Gasteiger partial charge in [0.2, 0.25) is 0 Å². The Hall–Kier alpha value is -2.89. The zero-order valence-corrected chi connectivity index (χ0v) is 12.2. The van der Waals surface area contributed by atoms with Crippen LogP contribution in [0.5, 0.6) is 5.75 Å². The standard InChI is InChI=1S/C16H15N5O/c1-22-14-5-3-2-4-12(14)6-7-17-11-15-20-10-13-16(21-15)19-9-8-18-13/h2-5,8-11H,6-7H2,1H3. The smallest absolute Gasteiger partial charge is 0.181 e. The van der Waals surface area contributed by atoms with Crippen molar-refractivity contribution in [1.29, 1.82) is 0 Å². The van der Waals surface area contributed by atoms with E-state index in [1.54, 1.807) is 31.9 Å². The second-order valence-electron chi connectivity index (χ2n) is 4.59. The minimum absolute atomic E-state index is 0.535. The van der Waals surface area contributed by atoms with E-state index in [1.807, 2.05) is 24.3 Å². The van der Waals surface area contributed by atoms with Crippen LogP contribution in [0.3, 0.4) is 0 Å².